The summed E-state index contributed by atoms with van der Waals surface area (Å²) in [5.74, 6) is -2.84. The summed E-state index contributed by atoms with van der Waals surface area (Å²) in [7, 11) is 0. The number of carboxylic acid groups (broad SMARTS) is 1. The highest BCUT2D eigenvalue weighted by Gasteiger charge is 2.28. The Kier molecular flexibility index (Phi) is 4.08. The first-order valence-electron chi connectivity index (χ1n) is 8.30. The van der Waals surface area contributed by atoms with Crippen LogP contribution in [0.4, 0.5) is 0 Å². The van der Waals surface area contributed by atoms with Gasteiger partial charge in [-0.15, -0.1) is 0 Å². The Bertz CT molecular complexity index is 1270. The molecule has 1 N–H and O–H groups in total. The Balaban J connectivity index is 2.07. The van der Waals surface area contributed by atoms with Gasteiger partial charge >= 0.3 is 11.5 Å². The number of nitrogens with zero attached hydrogens (tertiary/aromatic N) is 3. The molecule has 0 amide bonds. The smallest absolute Gasteiger partial charge is 0.379 e. The van der Waals surface area contributed by atoms with Crippen LogP contribution in [0.5, 0.6) is 0 Å². The molecule has 4 rings (SSSR count). The van der Waals surface area contributed by atoms with Crippen molar-refractivity contribution < 1.29 is 19.2 Å². The van der Waals surface area contributed by atoms with Gasteiger partial charge in [0.05, 0.1) is 11.1 Å². The summed E-state index contributed by atoms with van der Waals surface area (Å²) >= 11 is 0. The maximum atomic E-state index is 12.9. The van der Waals surface area contributed by atoms with Crippen molar-refractivity contribution in [1.82, 2.24) is 14.9 Å². The molecular weight excluding hydrogens is 362 g/mol. The van der Waals surface area contributed by atoms with Gasteiger partial charge in [-0.05, 0) is 19.1 Å². The summed E-state index contributed by atoms with van der Waals surface area (Å²) in [6.45, 7) is 1.88. The number of rotatable bonds is 4. The predicted molar refractivity (Wildman–Crippen MR) is 99.5 cm³/mol. The van der Waals surface area contributed by atoms with E-state index in [2.05, 4.69) is 10.3 Å². The van der Waals surface area contributed by atoms with Gasteiger partial charge in [0.2, 0.25) is 0 Å². The monoisotopic (exact) mass is 375 g/mol. The van der Waals surface area contributed by atoms with Gasteiger partial charge in [-0.3, -0.25) is 9.59 Å². The van der Waals surface area contributed by atoms with Crippen LogP contribution in [0, 0.1) is 6.92 Å². The first-order valence-corrected chi connectivity index (χ1v) is 8.30. The Morgan fingerprint density at radius 2 is 1.71 bits per heavy atom. The van der Waals surface area contributed by atoms with Crippen molar-refractivity contribution in [2.45, 2.75) is 6.92 Å². The minimum absolute atomic E-state index is 0.0213. The van der Waals surface area contributed by atoms with Crippen LogP contribution in [0.15, 0.2) is 63.9 Å². The zero-order valence-electron chi connectivity index (χ0n) is 14.6. The van der Waals surface area contributed by atoms with Crippen molar-refractivity contribution in [3.05, 3.63) is 76.2 Å². The third kappa shape index (κ3) is 2.77. The molecule has 2 heterocycles. The minimum atomic E-state index is -1.69. The highest BCUT2D eigenvalue weighted by atomic mass is 16.5. The topological polar surface area (TPSA) is 115 Å². The van der Waals surface area contributed by atoms with Gasteiger partial charge in [-0.2, -0.15) is 9.78 Å². The van der Waals surface area contributed by atoms with E-state index in [1.54, 1.807) is 54.6 Å². The summed E-state index contributed by atoms with van der Waals surface area (Å²) in [6.07, 6.45) is 0. The second-order valence-corrected chi connectivity index (χ2v) is 6.14. The van der Waals surface area contributed by atoms with E-state index in [0.717, 1.165) is 10.2 Å². The van der Waals surface area contributed by atoms with Crippen LogP contribution in [-0.2, 0) is 4.79 Å². The molecule has 0 radical (unpaired) electrons. The number of Topliss-reactive ketones (excluding diaryl/α,β-unsaturated/α-hetero) is 1. The fraction of sp³-hybridized carbons (Fsp3) is 0.0500. The van der Waals surface area contributed by atoms with Crippen molar-refractivity contribution in [2.24, 2.45) is 0 Å². The van der Waals surface area contributed by atoms with Crippen LogP contribution in [-0.4, -0.2) is 31.8 Å². The molecule has 0 aliphatic heterocycles. The molecule has 0 aliphatic carbocycles. The van der Waals surface area contributed by atoms with Crippen LogP contribution >= 0.6 is 0 Å². The lowest BCUT2D eigenvalue weighted by molar-refractivity contribution is -0.131. The number of benzene rings is 2. The SMILES string of the molecule is Cc1ccc(-n2nc(C(=O)C(=O)O)c3c(-c4ccccc4)onc3c2=O)cc1. The molecule has 0 saturated carbocycles. The number of aliphatic carboxylic acids is 1. The van der Waals surface area contributed by atoms with Crippen LogP contribution in [0.25, 0.3) is 27.9 Å². The third-order valence-electron chi connectivity index (χ3n) is 4.25. The van der Waals surface area contributed by atoms with Gasteiger partial charge in [0.25, 0.3) is 5.78 Å². The number of hydrogen-bond donors (Lipinski definition) is 1. The van der Waals surface area contributed by atoms with Crippen molar-refractivity contribution in [3.8, 4) is 17.0 Å². The fourth-order valence-electron chi connectivity index (χ4n) is 2.86. The number of fused-ring (bicyclic) bond motifs is 1. The molecule has 0 aliphatic rings. The van der Waals surface area contributed by atoms with E-state index in [9.17, 15) is 19.5 Å². The van der Waals surface area contributed by atoms with Crippen LogP contribution in [0.1, 0.15) is 16.1 Å². The summed E-state index contributed by atoms with van der Waals surface area (Å²) < 4.78 is 6.27. The molecule has 138 valence electrons. The molecule has 0 fully saturated rings. The van der Waals surface area contributed by atoms with Gasteiger partial charge in [0.15, 0.2) is 17.0 Å². The van der Waals surface area contributed by atoms with Gasteiger partial charge in [-0.1, -0.05) is 53.2 Å². The summed E-state index contributed by atoms with van der Waals surface area (Å²) in [5, 5.41) is 17.1. The Labute approximate surface area is 157 Å². The molecule has 0 bridgehead atoms. The predicted octanol–water partition coefficient (Wildman–Crippen LogP) is 2.62. The maximum absolute atomic E-state index is 12.9. The zero-order chi connectivity index (χ0) is 19.8. The Morgan fingerprint density at radius 1 is 1.04 bits per heavy atom. The average Bonchev–Trinajstić information content (AvgIpc) is 3.15. The van der Waals surface area contributed by atoms with E-state index in [0.29, 0.717) is 11.3 Å². The molecule has 28 heavy (non-hydrogen) atoms. The molecule has 2 aromatic carbocycles. The lowest BCUT2D eigenvalue weighted by atomic mass is 10.1. The van der Waals surface area contributed by atoms with E-state index in [4.69, 9.17) is 4.52 Å². The molecule has 4 aromatic rings. The first-order chi connectivity index (χ1) is 13.5. The second-order valence-electron chi connectivity index (χ2n) is 6.14. The van der Waals surface area contributed by atoms with Gasteiger partial charge < -0.3 is 9.63 Å². The highest BCUT2D eigenvalue weighted by Crippen LogP contribution is 2.29. The van der Waals surface area contributed by atoms with Crippen molar-refractivity contribution in [3.63, 3.8) is 0 Å². The number of carboxylic acids is 1. The van der Waals surface area contributed by atoms with E-state index >= 15 is 0 Å². The Morgan fingerprint density at radius 3 is 2.36 bits per heavy atom. The van der Waals surface area contributed by atoms with Gasteiger partial charge in [0.1, 0.15) is 0 Å². The Hall–Kier alpha value is -4.07. The number of ketones is 1. The van der Waals surface area contributed by atoms with Gasteiger partial charge in [-0.25, -0.2) is 4.79 Å². The third-order valence-corrected chi connectivity index (χ3v) is 4.25. The van der Waals surface area contributed by atoms with Crippen LogP contribution in [0.2, 0.25) is 0 Å². The minimum Gasteiger partial charge on any atom is -0.475 e. The summed E-state index contributed by atoms with van der Waals surface area (Å²) in [5.41, 5.74) is 0.681. The average molecular weight is 375 g/mol. The fourth-order valence-corrected chi connectivity index (χ4v) is 2.86. The van der Waals surface area contributed by atoms with Crippen molar-refractivity contribution >= 4 is 22.7 Å². The quantitative estimate of drug-likeness (QED) is 0.430. The molecule has 0 saturated heterocycles. The van der Waals surface area contributed by atoms with E-state index in [1.807, 2.05) is 6.92 Å². The summed E-state index contributed by atoms with van der Waals surface area (Å²) in [6, 6.07) is 15.5. The lowest BCUT2D eigenvalue weighted by Gasteiger charge is -2.07. The summed E-state index contributed by atoms with van der Waals surface area (Å²) in [4.78, 5) is 36.6. The van der Waals surface area contributed by atoms with Crippen LogP contribution in [0.3, 0.4) is 0 Å². The largest absolute Gasteiger partial charge is 0.475 e. The molecule has 0 spiro atoms. The van der Waals surface area contributed by atoms with E-state index < -0.39 is 23.0 Å². The highest BCUT2D eigenvalue weighted by molar-refractivity contribution is 6.41. The lowest BCUT2D eigenvalue weighted by Crippen LogP contribution is -2.26. The number of aromatic nitrogens is 3. The molecule has 8 heteroatoms. The van der Waals surface area contributed by atoms with E-state index in [1.165, 1.54) is 0 Å². The number of hydrogen-bond acceptors (Lipinski definition) is 6. The number of carbonyl (C=O) groups is 2. The molecule has 0 unspecified atom stereocenters. The van der Waals surface area contributed by atoms with Crippen molar-refractivity contribution in [1.29, 1.82) is 0 Å². The molecular formula is C20H13N3O5. The van der Waals surface area contributed by atoms with Gasteiger partial charge in [0, 0.05) is 5.56 Å². The molecule has 8 nitrogen and oxygen atoms in total. The van der Waals surface area contributed by atoms with E-state index in [-0.39, 0.29) is 16.7 Å². The molecule has 0 atom stereocenters. The molecule has 2 aromatic heterocycles. The van der Waals surface area contributed by atoms with Crippen LogP contribution < -0.4 is 5.56 Å². The zero-order valence-corrected chi connectivity index (χ0v) is 14.6. The number of carbonyl (C=O) groups excluding carboxylic acids is 1. The maximum Gasteiger partial charge on any atom is 0.379 e. The van der Waals surface area contributed by atoms with Crippen molar-refractivity contribution in [2.75, 3.05) is 0 Å². The normalized spacial score (nSPS) is 10.9. The first kappa shape index (κ1) is 17.3. The number of aryl methyl sites for hydroxylation is 1. The standard InChI is InChI=1S/C20H13N3O5/c1-11-7-9-13(10-8-11)23-19(25)16-14(15(21-23)17(24)20(26)27)18(28-22-16)12-5-3-2-4-6-12/h2-10H,1H3,(H,26,27). The second kappa shape index (κ2) is 6.58.